The fraction of sp³-hybridized carbons (Fsp3) is 0.500. The first-order valence-corrected chi connectivity index (χ1v) is 5.99. The van der Waals surface area contributed by atoms with Crippen LogP contribution in [-0.4, -0.2) is 13.1 Å². The molecule has 0 radical (unpaired) electrons. The second kappa shape index (κ2) is 4.78. The molecule has 1 aliphatic heterocycles. The van der Waals surface area contributed by atoms with Gasteiger partial charge in [-0.25, -0.2) is 4.79 Å². The van der Waals surface area contributed by atoms with Crippen LogP contribution < -0.4 is 4.90 Å². The summed E-state index contributed by atoms with van der Waals surface area (Å²) in [6.45, 7) is 9.86. The van der Waals surface area contributed by atoms with Crippen molar-refractivity contribution < 1.29 is 9.53 Å². The minimum atomic E-state index is -0.537. The van der Waals surface area contributed by atoms with E-state index in [1.165, 1.54) is 5.56 Å². The number of fused-ring (bicyclic) bond motifs is 1. The average molecular weight is 235 g/mol. The Morgan fingerprint density at radius 3 is 2.41 bits per heavy atom. The molecule has 0 N–H and O–H groups in total. The van der Waals surface area contributed by atoms with Crippen LogP contribution in [-0.2, 0) is 10.3 Å². The molecular formula is C14H21NO2. The molecule has 1 heterocycles. The number of amides is 1. The van der Waals surface area contributed by atoms with E-state index in [0.717, 1.165) is 11.3 Å². The van der Waals surface area contributed by atoms with Crippen LogP contribution in [0.25, 0.3) is 0 Å². The SMILES string of the molecule is CC.Cc1ccc2c(c1)C(C)(C)OC(=O)N2C. The molecule has 0 spiro atoms. The number of ether oxygens (including phenoxy) is 1. The van der Waals surface area contributed by atoms with E-state index in [0.29, 0.717) is 0 Å². The molecule has 3 heteroatoms. The molecule has 1 aromatic carbocycles. The van der Waals surface area contributed by atoms with Gasteiger partial charge in [-0.1, -0.05) is 31.5 Å². The lowest BCUT2D eigenvalue weighted by atomic mass is 9.93. The van der Waals surface area contributed by atoms with Gasteiger partial charge in [0, 0.05) is 12.6 Å². The highest BCUT2D eigenvalue weighted by molar-refractivity contribution is 5.90. The molecule has 0 bridgehead atoms. The van der Waals surface area contributed by atoms with Crippen LogP contribution >= 0.6 is 0 Å². The van der Waals surface area contributed by atoms with Crippen molar-refractivity contribution in [2.45, 2.75) is 40.2 Å². The number of aryl methyl sites for hydroxylation is 1. The van der Waals surface area contributed by atoms with Crippen molar-refractivity contribution in [1.82, 2.24) is 0 Å². The quantitative estimate of drug-likeness (QED) is 0.683. The minimum absolute atomic E-state index is 0.295. The highest BCUT2D eigenvalue weighted by Gasteiger charge is 2.36. The predicted octanol–water partition coefficient (Wildman–Crippen LogP) is 3.84. The van der Waals surface area contributed by atoms with Gasteiger partial charge in [-0.15, -0.1) is 0 Å². The van der Waals surface area contributed by atoms with Crippen molar-refractivity contribution in [2.24, 2.45) is 0 Å². The third kappa shape index (κ3) is 2.43. The number of hydrogen-bond donors (Lipinski definition) is 0. The van der Waals surface area contributed by atoms with E-state index in [1.54, 1.807) is 11.9 Å². The highest BCUT2D eigenvalue weighted by atomic mass is 16.6. The van der Waals surface area contributed by atoms with E-state index >= 15 is 0 Å². The first-order chi connectivity index (χ1) is 7.92. The Labute approximate surface area is 103 Å². The lowest BCUT2D eigenvalue weighted by molar-refractivity contribution is 0.0361. The molecule has 17 heavy (non-hydrogen) atoms. The molecule has 1 amide bonds. The largest absolute Gasteiger partial charge is 0.438 e. The molecule has 3 nitrogen and oxygen atoms in total. The summed E-state index contributed by atoms with van der Waals surface area (Å²) in [6, 6.07) is 6.04. The number of anilines is 1. The fourth-order valence-corrected chi connectivity index (χ4v) is 1.86. The zero-order valence-electron chi connectivity index (χ0n) is 11.5. The van der Waals surface area contributed by atoms with Crippen molar-refractivity contribution >= 4 is 11.8 Å². The number of benzene rings is 1. The third-order valence-electron chi connectivity index (χ3n) is 2.78. The molecule has 94 valence electrons. The lowest BCUT2D eigenvalue weighted by Crippen LogP contribution is -2.41. The van der Waals surface area contributed by atoms with Crippen molar-refractivity contribution in [3.8, 4) is 0 Å². The van der Waals surface area contributed by atoms with Crippen molar-refractivity contribution in [1.29, 1.82) is 0 Å². The summed E-state index contributed by atoms with van der Waals surface area (Å²) >= 11 is 0. The van der Waals surface area contributed by atoms with E-state index in [9.17, 15) is 4.79 Å². The van der Waals surface area contributed by atoms with Gasteiger partial charge < -0.3 is 4.74 Å². The van der Waals surface area contributed by atoms with Crippen LogP contribution in [0.2, 0.25) is 0 Å². The van der Waals surface area contributed by atoms with E-state index in [1.807, 2.05) is 46.8 Å². The monoisotopic (exact) mass is 235 g/mol. The molecular weight excluding hydrogens is 214 g/mol. The van der Waals surface area contributed by atoms with Gasteiger partial charge in [-0.3, -0.25) is 4.90 Å². The number of hydrogen-bond acceptors (Lipinski definition) is 2. The van der Waals surface area contributed by atoms with Crippen LogP contribution in [0.15, 0.2) is 18.2 Å². The second-order valence-corrected chi connectivity index (χ2v) is 4.46. The van der Waals surface area contributed by atoms with Gasteiger partial charge in [-0.2, -0.15) is 0 Å². The Morgan fingerprint density at radius 2 is 1.82 bits per heavy atom. The molecule has 1 aliphatic rings. The van der Waals surface area contributed by atoms with Gasteiger partial charge in [0.25, 0.3) is 0 Å². The summed E-state index contributed by atoms with van der Waals surface area (Å²) in [5, 5.41) is 0. The van der Waals surface area contributed by atoms with Crippen molar-refractivity contribution in [3.63, 3.8) is 0 Å². The summed E-state index contributed by atoms with van der Waals surface area (Å²) in [4.78, 5) is 13.1. The summed E-state index contributed by atoms with van der Waals surface area (Å²) < 4.78 is 5.35. The van der Waals surface area contributed by atoms with Gasteiger partial charge in [-0.05, 0) is 26.8 Å². The number of nitrogens with zero attached hydrogens (tertiary/aromatic N) is 1. The van der Waals surface area contributed by atoms with E-state index in [4.69, 9.17) is 4.74 Å². The highest BCUT2D eigenvalue weighted by Crippen LogP contribution is 2.38. The minimum Gasteiger partial charge on any atom is -0.438 e. The number of carbonyl (C=O) groups is 1. The van der Waals surface area contributed by atoms with E-state index < -0.39 is 5.60 Å². The predicted molar refractivity (Wildman–Crippen MR) is 70.4 cm³/mol. The maximum atomic E-state index is 11.6. The van der Waals surface area contributed by atoms with Gasteiger partial charge in [0.05, 0.1) is 5.69 Å². The number of cyclic esters (lactones) is 1. The number of rotatable bonds is 0. The Bertz CT molecular complexity index is 424. The molecule has 0 fully saturated rings. The van der Waals surface area contributed by atoms with Gasteiger partial charge in [0.2, 0.25) is 0 Å². The van der Waals surface area contributed by atoms with Crippen LogP contribution in [0.5, 0.6) is 0 Å². The van der Waals surface area contributed by atoms with Crippen molar-refractivity contribution in [3.05, 3.63) is 29.3 Å². The van der Waals surface area contributed by atoms with Gasteiger partial charge in [0.15, 0.2) is 0 Å². The van der Waals surface area contributed by atoms with E-state index in [-0.39, 0.29) is 6.09 Å². The van der Waals surface area contributed by atoms with E-state index in [2.05, 4.69) is 6.07 Å². The normalized spacial score (nSPS) is 16.6. The topological polar surface area (TPSA) is 29.5 Å². The van der Waals surface area contributed by atoms with Crippen LogP contribution in [0.4, 0.5) is 10.5 Å². The lowest BCUT2D eigenvalue weighted by Gasteiger charge is -2.37. The maximum Gasteiger partial charge on any atom is 0.414 e. The Balaban J connectivity index is 0.000000686. The Hall–Kier alpha value is -1.51. The molecule has 0 saturated carbocycles. The molecule has 0 unspecified atom stereocenters. The summed E-state index contributed by atoms with van der Waals surface area (Å²) in [7, 11) is 1.73. The third-order valence-corrected chi connectivity index (χ3v) is 2.78. The standard InChI is InChI=1S/C12H15NO2.C2H6/c1-8-5-6-10-9(7-8)12(2,3)15-11(14)13(10)4;1-2/h5-7H,1-4H3;1-2H3. The number of carbonyl (C=O) groups excluding carboxylic acids is 1. The van der Waals surface area contributed by atoms with Crippen LogP contribution in [0.1, 0.15) is 38.8 Å². The molecule has 0 aliphatic carbocycles. The van der Waals surface area contributed by atoms with Crippen molar-refractivity contribution in [2.75, 3.05) is 11.9 Å². The Morgan fingerprint density at radius 1 is 1.24 bits per heavy atom. The smallest absolute Gasteiger partial charge is 0.414 e. The molecule has 1 aromatic rings. The second-order valence-electron chi connectivity index (χ2n) is 4.46. The zero-order chi connectivity index (χ0) is 13.2. The first-order valence-electron chi connectivity index (χ1n) is 5.99. The first kappa shape index (κ1) is 13.6. The molecule has 0 saturated heterocycles. The Kier molecular flexibility index (Phi) is 3.81. The molecule has 0 atom stereocenters. The van der Waals surface area contributed by atoms with Gasteiger partial charge >= 0.3 is 6.09 Å². The van der Waals surface area contributed by atoms with Crippen LogP contribution in [0.3, 0.4) is 0 Å². The molecule has 0 aromatic heterocycles. The fourth-order valence-electron chi connectivity index (χ4n) is 1.86. The maximum absolute atomic E-state index is 11.6. The van der Waals surface area contributed by atoms with Crippen LogP contribution in [0, 0.1) is 6.92 Å². The summed E-state index contributed by atoms with van der Waals surface area (Å²) in [6.07, 6.45) is -0.295. The summed E-state index contributed by atoms with van der Waals surface area (Å²) in [5.41, 5.74) is 2.63. The zero-order valence-corrected chi connectivity index (χ0v) is 11.5. The summed E-state index contributed by atoms with van der Waals surface area (Å²) in [5.74, 6) is 0. The molecule has 2 rings (SSSR count). The van der Waals surface area contributed by atoms with Gasteiger partial charge in [0.1, 0.15) is 5.60 Å². The average Bonchev–Trinajstić information content (AvgIpc) is 2.28.